The van der Waals surface area contributed by atoms with Gasteiger partial charge in [-0.1, -0.05) is 11.2 Å². The van der Waals surface area contributed by atoms with Crippen LogP contribution in [0.15, 0.2) is 41.0 Å². The molecule has 4 N–H and O–H groups in total. The molecule has 5 rings (SSSR count). The SMILES string of the molecule is C[S@+]([O-])CCNC(=O)c1ccc(N2CCN(CCNc3nc(N)n4nc(-c5ccco5)nc4n3)CC2)c(F)c1. The second-order valence-corrected chi connectivity index (χ2v) is 10.5. The summed E-state index contributed by atoms with van der Waals surface area (Å²) in [6, 6.07) is 8.00. The molecule has 0 bridgehead atoms. The average molecular weight is 557 g/mol. The van der Waals surface area contributed by atoms with Crippen molar-refractivity contribution in [1.29, 1.82) is 0 Å². The summed E-state index contributed by atoms with van der Waals surface area (Å²) in [5, 5.41) is 10.1. The maximum absolute atomic E-state index is 14.8. The van der Waals surface area contributed by atoms with Gasteiger partial charge in [-0.3, -0.25) is 9.69 Å². The Labute approximate surface area is 226 Å². The van der Waals surface area contributed by atoms with Gasteiger partial charge in [-0.15, -0.1) is 5.10 Å². The average Bonchev–Trinajstić information content (AvgIpc) is 3.59. The summed E-state index contributed by atoms with van der Waals surface area (Å²) in [6.45, 7) is 4.39. The van der Waals surface area contributed by atoms with Crippen LogP contribution < -0.4 is 21.3 Å². The molecule has 0 saturated carbocycles. The zero-order valence-electron chi connectivity index (χ0n) is 21.3. The van der Waals surface area contributed by atoms with Gasteiger partial charge in [-0.2, -0.15) is 19.5 Å². The number of benzene rings is 1. The van der Waals surface area contributed by atoms with Gasteiger partial charge in [0, 0.05) is 44.8 Å². The van der Waals surface area contributed by atoms with Crippen LogP contribution in [-0.2, 0) is 11.2 Å². The molecule has 1 aliphatic heterocycles. The van der Waals surface area contributed by atoms with Crippen LogP contribution in [0.5, 0.6) is 0 Å². The standard InChI is InChI=1S/C24H29FN10O3S/c1-39(37)14-7-27-21(36)16-4-5-18(17(25)15-16)34-11-9-33(10-12-34)8-6-28-23-30-22(26)35-24(31-23)29-20(32-35)19-3-2-13-38-19/h2-5,13,15H,6-12,14H2,1H3,(H,27,36)(H3,26,28,29,30,31,32)/t39-/m0/s1. The normalized spacial score (nSPS) is 15.0. The van der Waals surface area contributed by atoms with Gasteiger partial charge in [0.1, 0.15) is 11.6 Å². The van der Waals surface area contributed by atoms with E-state index in [9.17, 15) is 13.7 Å². The second-order valence-electron chi connectivity index (χ2n) is 8.98. The highest BCUT2D eigenvalue weighted by molar-refractivity contribution is 7.90. The molecule has 0 radical (unpaired) electrons. The van der Waals surface area contributed by atoms with Crippen LogP contribution in [0.3, 0.4) is 0 Å². The number of furan rings is 1. The Hall–Kier alpha value is -3.95. The molecule has 13 nitrogen and oxygen atoms in total. The molecule has 15 heteroatoms. The number of piperazine rings is 1. The van der Waals surface area contributed by atoms with Crippen LogP contribution in [0.4, 0.5) is 22.0 Å². The number of amides is 1. The van der Waals surface area contributed by atoms with E-state index in [4.69, 9.17) is 10.2 Å². The number of hydrogen-bond donors (Lipinski definition) is 3. The van der Waals surface area contributed by atoms with Gasteiger partial charge >= 0.3 is 0 Å². The summed E-state index contributed by atoms with van der Waals surface area (Å²) in [7, 11) is 0. The van der Waals surface area contributed by atoms with E-state index >= 15 is 0 Å². The van der Waals surface area contributed by atoms with Gasteiger partial charge in [-0.25, -0.2) is 4.39 Å². The fourth-order valence-electron chi connectivity index (χ4n) is 4.25. The Morgan fingerprint density at radius 2 is 2.00 bits per heavy atom. The van der Waals surface area contributed by atoms with Crippen molar-refractivity contribution >= 4 is 40.4 Å². The first-order valence-corrected chi connectivity index (χ1v) is 14.1. The lowest BCUT2D eigenvalue weighted by atomic mass is 10.1. The third kappa shape index (κ3) is 6.38. The van der Waals surface area contributed by atoms with Gasteiger partial charge in [0.05, 0.1) is 24.8 Å². The monoisotopic (exact) mass is 556 g/mol. The molecule has 0 unspecified atom stereocenters. The smallest absolute Gasteiger partial charge is 0.259 e. The summed E-state index contributed by atoms with van der Waals surface area (Å²) in [6.07, 6.45) is 3.11. The highest BCUT2D eigenvalue weighted by atomic mass is 32.2. The van der Waals surface area contributed by atoms with E-state index in [1.165, 1.54) is 16.8 Å². The zero-order valence-corrected chi connectivity index (χ0v) is 22.2. The minimum atomic E-state index is -0.999. The van der Waals surface area contributed by atoms with Gasteiger partial charge in [0.2, 0.25) is 17.7 Å². The number of carbonyl (C=O) groups excluding carboxylic acids is 1. The number of hydrogen-bond acceptors (Lipinski definition) is 11. The molecule has 1 fully saturated rings. The van der Waals surface area contributed by atoms with Crippen LogP contribution >= 0.6 is 0 Å². The minimum Gasteiger partial charge on any atom is -0.617 e. The quantitative estimate of drug-likeness (QED) is 0.237. The van der Waals surface area contributed by atoms with E-state index in [1.807, 2.05) is 4.90 Å². The lowest BCUT2D eigenvalue weighted by Gasteiger charge is -2.36. The number of nitrogens with two attached hydrogens (primary N) is 1. The fraction of sp³-hybridized carbons (Fsp3) is 0.375. The highest BCUT2D eigenvalue weighted by Gasteiger charge is 2.21. The molecule has 0 aliphatic carbocycles. The van der Waals surface area contributed by atoms with Gasteiger partial charge in [0.25, 0.3) is 11.7 Å². The van der Waals surface area contributed by atoms with Crippen molar-refractivity contribution in [2.24, 2.45) is 0 Å². The minimum absolute atomic E-state index is 0.157. The largest absolute Gasteiger partial charge is 0.617 e. The third-order valence-electron chi connectivity index (χ3n) is 6.28. The number of rotatable bonds is 10. The predicted molar refractivity (Wildman–Crippen MR) is 146 cm³/mol. The predicted octanol–water partition coefficient (Wildman–Crippen LogP) is 0.843. The first-order chi connectivity index (χ1) is 18.9. The second kappa shape index (κ2) is 11.8. The van der Waals surface area contributed by atoms with Crippen molar-refractivity contribution < 1.29 is 18.2 Å². The van der Waals surface area contributed by atoms with Gasteiger partial charge < -0.3 is 30.2 Å². The van der Waals surface area contributed by atoms with Crippen LogP contribution in [0.2, 0.25) is 0 Å². The lowest BCUT2D eigenvalue weighted by Crippen LogP contribution is -2.48. The van der Waals surface area contributed by atoms with Crippen molar-refractivity contribution in [1.82, 2.24) is 34.8 Å². The summed E-state index contributed by atoms with van der Waals surface area (Å²) in [5.74, 6) is 1.25. The molecule has 3 aromatic heterocycles. The van der Waals surface area contributed by atoms with Crippen molar-refractivity contribution in [2.45, 2.75) is 0 Å². The molecule has 1 aliphatic rings. The molecule has 0 spiro atoms. The van der Waals surface area contributed by atoms with Crippen molar-refractivity contribution in [3.63, 3.8) is 0 Å². The fourth-order valence-corrected chi connectivity index (χ4v) is 4.64. The summed E-state index contributed by atoms with van der Waals surface area (Å²) < 4.78 is 32.7. The van der Waals surface area contributed by atoms with E-state index in [1.54, 1.807) is 30.5 Å². The van der Waals surface area contributed by atoms with E-state index in [0.29, 0.717) is 54.4 Å². The molecular weight excluding hydrogens is 527 g/mol. The number of carbonyl (C=O) groups is 1. The number of anilines is 3. The lowest BCUT2D eigenvalue weighted by molar-refractivity contribution is 0.0955. The number of halogens is 1. The number of nitrogens with zero attached hydrogens (tertiary/aromatic N) is 7. The highest BCUT2D eigenvalue weighted by Crippen LogP contribution is 2.22. The summed E-state index contributed by atoms with van der Waals surface area (Å²) in [5.41, 5.74) is 6.75. The number of nitrogen functional groups attached to an aromatic ring is 1. The van der Waals surface area contributed by atoms with Crippen molar-refractivity contribution in [3.8, 4) is 11.6 Å². The van der Waals surface area contributed by atoms with E-state index in [-0.39, 0.29) is 24.0 Å². The number of fused-ring (bicyclic) bond motifs is 1. The van der Waals surface area contributed by atoms with E-state index in [0.717, 1.165) is 19.6 Å². The Morgan fingerprint density at radius 1 is 1.18 bits per heavy atom. The zero-order chi connectivity index (χ0) is 27.4. The van der Waals surface area contributed by atoms with Crippen LogP contribution in [0.25, 0.3) is 17.4 Å². The van der Waals surface area contributed by atoms with E-state index < -0.39 is 17.0 Å². The van der Waals surface area contributed by atoms with Crippen LogP contribution in [-0.4, -0.2) is 97.7 Å². The Bertz CT molecular complexity index is 1420. The Balaban J connectivity index is 1.10. The first-order valence-electron chi connectivity index (χ1n) is 12.4. The molecule has 4 heterocycles. The number of aromatic nitrogens is 5. The summed E-state index contributed by atoms with van der Waals surface area (Å²) in [4.78, 5) is 29.5. The third-order valence-corrected chi connectivity index (χ3v) is 7.06. The van der Waals surface area contributed by atoms with Crippen molar-refractivity contribution in [3.05, 3.63) is 48.0 Å². The van der Waals surface area contributed by atoms with E-state index in [2.05, 4.69) is 35.6 Å². The molecule has 1 saturated heterocycles. The molecule has 1 atom stereocenters. The Kier molecular flexibility index (Phi) is 8.09. The number of nitrogens with one attached hydrogen (secondary N) is 2. The molecule has 1 aromatic carbocycles. The maximum atomic E-state index is 14.8. The Morgan fingerprint density at radius 3 is 2.72 bits per heavy atom. The topological polar surface area (TPSA) is 166 Å². The summed E-state index contributed by atoms with van der Waals surface area (Å²) >= 11 is -0.999. The van der Waals surface area contributed by atoms with Gasteiger partial charge in [0.15, 0.2) is 5.76 Å². The molecule has 4 aromatic rings. The van der Waals surface area contributed by atoms with Gasteiger partial charge in [-0.05, 0) is 30.3 Å². The maximum Gasteiger partial charge on any atom is 0.259 e. The van der Waals surface area contributed by atoms with Crippen LogP contribution in [0, 0.1) is 5.82 Å². The molecule has 206 valence electrons. The van der Waals surface area contributed by atoms with Crippen molar-refractivity contribution in [2.75, 3.05) is 73.8 Å². The molecular formula is C24H29FN10O3S. The molecule has 1 amide bonds. The van der Waals surface area contributed by atoms with Crippen LogP contribution in [0.1, 0.15) is 10.4 Å². The molecule has 39 heavy (non-hydrogen) atoms. The first kappa shape index (κ1) is 26.6.